The Hall–Kier alpha value is -1.93. The van der Waals surface area contributed by atoms with Gasteiger partial charge in [-0.1, -0.05) is 23.7 Å². The Kier molecular flexibility index (Phi) is 2.82. The number of ether oxygens (including phenoxy) is 1. The SMILES string of the molecule is CC1=Cc2c(ccc3c2COc2ccc(Cl)cc2-3)NC1(C)C. The van der Waals surface area contributed by atoms with Gasteiger partial charge < -0.3 is 10.1 Å². The van der Waals surface area contributed by atoms with Crippen LogP contribution in [0.25, 0.3) is 17.2 Å². The van der Waals surface area contributed by atoms with E-state index < -0.39 is 0 Å². The van der Waals surface area contributed by atoms with Crippen LogP contribution in [0.2, 0.25) is 5.02 Å². The zero-order valence-electron chi connectivity index (χ0n) is 13.0. The molecule has 0 unspecified atom stereocenters. The van der Waals surface area contributed by atoms with E-state index in [1.807, 2.05) is 18.2 Å². The lowest BCUT2D eigenvalue weighted by atomic mass is 9.84. The molecule has 2 aromatic carbocycles. The van der Waals surface area contributed by atoms with Gasteiger partial charge in [0.05, 0.1) is 5.54 Å². The molecule has 0 atom stereocenters. The first kappa shape index (κ1) is 13.7. The minimum Gasteiger partial charge on any atom is -0.488 e. The lowest BCUT2D eigenvalue weighted by Crippen LogP contribution is -2.35. The van der Waals surface area contributed by atoms with E-state index in [1.165, 1.54) is 28.0 Å². The second kappa shape index (κ2) is 4.53. The van der Waals surface area contributed by atoms with Gasteiger partial charge in [0.2, 0.25) is 0 Å². The maximum absolute atomic E-state index is 6.17. The average Bonchev–Trinajstić information content (AvgIpc) is 2.47. The number of hydrogen-bond acceptors (Lipinski definition) is 2. The monoisotopic (exact) mass is 311 g/mol. The quantitative estimate of drug-likeness (QED) is 0.693. The Morgan fingerprint density at radius 3 is 2.77 bits per heavy atom. The van der Waals surface area contributed by atoms with Gasteiger partial charge in [0.25, 0.3) is 0 Å². The van der Waals surface area contributed by atoms with E-state index in [4.69, 9.17) is 16.3 Å². The van der Waals surface area contributed by atoms with Crippen molar-refractivity contribution < 1.29 is 4.74 Å². The zero-order valence-corrected chi connectivity index (χ0v) is 13.7. The molecule has 0 amide bonds. The van der Waals surface area contributed by atoms with Crippen molar-refractivity contribution in [2.45, 2.75) is 32.9 Å². The molecule has 112 valence electrons. The van der Waals surface area contributed by atoms with E-state index in [0.29, 0.717) is 6.61 Å². The molecule has 0 fully saturated rings. The van der Waals surface area contributed by atoms with E-state index >= 15 is 0 Å². The molecule has 2 aliphatic rings. The van der Waals surface area contributed by atoms with Crippen LogP contribution in [0.1, 0.15) is 31.9 Å². The van der Waals surface area contributed by atoms with Gasteiger partial charge in [-0.25, -0.2) is 0 Å². The molecule has 0 aromatic heterocycles. The van der Waals surface area contributed by atoms with Crippen LogP contribution in [0.4, 0.5) is 5.69 Å². The Morgan fingerprint density at radius 1 is 1.14 bits per heavy atom. The van der Waals surface area contributed by atoms with E-state index in [0.717, 1.165) is 16.3 Å². The third-order valence-corrected chi connectivity index (χ3v) is 4.99. The first-order chi connectivity index (χ1) is 10.5. The van der Waals surface area contributed by atoms with Crippen LogP contribution in [-0.4, -0.2) is 5.54 Å². The molecule has 0 saturated carbocycles. The summed E-state index contributed by atoms with van der Waals surface area (Å²) in [7, 11) is 0. The average molecular weight is 312 g/mol. The maximum atomic E-state index is 6.17. The summed E-state index contributed by atoms with van der Waals surface area (Å²) in [5.74, 6) is 0.904. The van der Waals surface area contributed by atoms with Gasteiger partial charge >= 0.3 is 0 Å². The molecule has 0 spiro atoms. The van der Waals surface area contributed by atoms with Crippen LogP contribution >= 0.6 is 11.6 Å². The maximum Gasteiger partial charge on any atom is 0.127 e. The predicted molar refractivity (Wildman–Crippen MR) is 92.6 cm³/mol. The van der Waals surface area contributed by atoms with Crippen molar-refractivity contribution in [1.29, 1.82) is 0 Å². The molecule has 22 heavy (non-hydrogen) atoms. The summed E-state index contributed by atoms with van der Waals surface area (Å²) < 4.78 is 5.94. The van der Waals surface area contributed by atoms with Gasteiger partial charge in [-0.3, -0.25) is 0 Å². The molecule has 1 N–H and O–H groups in total. The van der Waals surface area contributed by atoms with Gasteiger partial charge in [0.15, 0.2) is 0 Å². The van der Waals surface area contributed by atoms with E-state index in [2.05, 4.69) is 44.3 Å². The summed E-state index contributed by atoms with van der Waals surface area (Å²) >= 11 is 6.17. The molecule has 2 aliphatic heterocycles. The topological polar surface area (TPSA) is 21.3 Å². The standard InChI is InChI=1S/C19H18ClNO/c1-11-8-14-16-10-22-18-7-4-12(20)9-15(18)13(16)5-6-17(14)21-19(11,2)3/h4-9,21H,10H2,1-3H3. The van der Waals surface area contributed by atoms with Gasteiger partial charge in [0.1, 0.15) is 12.4 Å². The normalized spacial score (nSPS) is 17.4. The fraction of sp³-hybridized carbons (Fsp3) is 0.263. The smallest absolute Gasteiger partial charge is 0.127 e. The van der Waals surface area contributed by atoms with Gasteiger partial charge in [-0.2, -0.15) is 0 Å². The van der Waals surface area contributed by atoms with Crippen molar-refractivity contribution in [2.75, 3.05) is 5.32 Å². The molecular formula is C19H18ClNO. The molecule has 0 aliphatic carbocycles. The minimum absolute atomic E-state index is 0.0159. The van der Waals surface area contributed by atoms with Gasteiger partial charge in [-0.05, 0) is 56.2 Å². The van der Waals surface area contributed by atoms with Crippen LogP contribution in [0.15, 0.2) is 35.9 Å². The third kappa shape index (κ3) is 1.94. The van der Waals surface area contributed by atoms with Crippen LogP contribution in [0.3, 0.4) is 0 Å². The highest BCUT2D eigenvalue weighted by molar-refractivity contribution is 6.31. The predicted octanol–water partition coefficient (Wildman–Crippen LogP) is 5.51. The summed E-state index contributed by atoms with van der Waals surface area (Å²) in [5, 5.41) is 4.36. The summed E-state index contributed by atoms with van der Waals surface area (Å²) in [6, 6.07) is 10.1. The Balaban J connectivity index is 1.95. The number of fused-ring (bicyclic) bond motifs is 5. The van der Waals surface area contributed by atoms with Crippen LogP contribution in [-0.2, 0) is 6.61 Å². The second-order valence-corrected chi connectivity index (χ2v) is 7.00. The fourth-order valence-corrected chi connectivity index (χ4v) is 3.34. The van der Waals surface area contributed by atoms with Crippen LogP contribution < -0.4 is 10.1 Å². The van der Waals surface area contributed by atoms with Gasteiger partial charge in [0, 0.05) is 27.4 Å². The Morgan fingerprint density at radius 2 is 1.95 bits per heavy atom. The van der Waals surface area contributed by atoms with Crippen molar-refractivity contribution in [3.05, 3.63) is 52.1 Å². The van der Waals surface area contributed by atoms with Crippen molar-refractivity contribution in [3.8, 4) is 16.9 Å². The second-order valence-electron chi connectivity index (χ2n) is 6.56. The molecule has 0 radical (unpaired) electrons. The summed E-state index contributed by atoms with van der Waals surface area (Å²) in [6.45, 7) is 7.17. The number of halogens is 1. The first-order valence-corrected chi connectivity index (χ1v) is 7.89. The van der Waals surface area contributed by atoms with Crippen LogP contribution in [0, 0.1) is 0 Å². The minimum atomic E-state index is -0.0159. The van der Waals surface area contributed by atoms with Crippen molar-refractivity contribution in [3.63, 3.8) is 0 Å². The summed E-state index contributed by atoms with van der Waals surface area (Å²) in [5.41, 5.74) is 7.24. The highest BCUT2D eigenvalue weighted by Gasteiger charge is 2.29. The molecule has 0 saturated heterocycles. The number of hydrogen-bond donors (Lipinski definition) is 1. The van der Waals surface area contributed by atoms with Crippen molar-refractivity contribution in [1.82, 2.24) is 0 Å². The van der Waals surface area contributed by atoms with E-state index in [9.17, 15) is 0 Å². The molecule has 2 aromatic rings. The molecule has 4 rings (SSSR count). The van der Waals surface area contributed by atoms with Crippen molar-refractivity contribution in [2.24, 2.45) is 0 Å². The molecule has 0 bridgehead atoms. The molecule has 2 heterocycles. The van der Waals surface area contributed by atoms with Crippen molar-refractivity contribution >= 4 is 23.4 Å². The summed E-state index contributed by atoms with van der Waals surface area (Å²) in [6.07, 6.45) is 2.28. The molecule has 3 heteroatoms. The number of nitrogens with one attached hydrogen (secondary N) is 1. The zero-order chi connectivity index (χ0) is 15.5. The number of anilines is 1. The largest absolute Gasteiger partial charge is 0.488 e. The first-order valence-electron chi connectivity index (χ1n) is 7.51. The molecule has 2 nitrogen and oxygen atoms in total. The number of rotatable bonds is 0. The number of benzene rings is 2. The van der Waals surface area contributed by atoms with E-state index in [-0.39, 0.29) is 5.54 Å². The van der Waals surface area contributed by atoms with Crippen LogP contribution in [0.5, 0.6) is 5.75 Å². The fourth-order valence-electron chi connectivity index (χ4n) is 3.17. The highest BCUT2D eigenvalue weighted by atomic mass is 35.5. The summed E-state index contributed by atoms with van der Waals surface area (Å²) in [4.78, 5) is 0. The van der Waals surface area contributed by atoms with E-state index in [1.54, 1.807) is 0 Å². The lowest BCUT2D eigenvalue weighted by Gasteiger charge is -2.35. The van der Waals surface area contributed by atoms with Gasteiger partial charge in [-0.15, -0.1) is 0 Å². The third-order valence-electron chi connectivity index (χ3n) is 4.75. The Bertz CT molecular complexity index is 820. The highest BCUT2D eigenvalue weighted by Crippen LogP contribution is 2.44. The lowest BCUT2D eigenvalue weighted by molar-refractivity contribution is 0.302. The Labute approximate surface area is 135 Å². The molecular weight excluding hydrogens is 294 g/mol.